The van der Waals surface area contributed by atoms with Crippen molar-refractivity contribution in [2.45, 2.75) is 0 Å². The molecule has 2 heterocycles. The smallest absolute Gasteiger partial charge is 0.164 e. The molecular formula is C41H24ClN3O. The summed E-state index contributed by atoms with van der Waals surface area (Å²) in [6.45, 7) is 0. The number of furan rings is 1. The molecule has 0 saturated heterocycles. The van der Waals surface area contributed by atoms with E-state index in [0.29, 0.717) is 22.5 Å². The second-order valence-electron chi connectivity index (χ2n) is 11.4. The molecule has 9 aromatic rings. The molecule has 0 N–H and O–H groups in total. The monoisotopic (exact) mass is 609 g/mol. The average Bonchev–Trinajstić information content (AvgIpc) is 3.50. The standard InChI is InChI=1S/C41H24ClN3O/c42-33-18-15-27-16-20-37-38(34(27)24-33)35-23-32(17-19-36(35)46-37)41-44-39(30-12-6-11-29(21-30)25-7-2-1-3-8-25)43-40(45-41)31-14-13-26-9-4-5-10-28(26)22-31/h1-24H. The second-order valence-corrected chi connectivity index (χ2v) is 11.9. The zero-order valence-electron chi connectivity index (χ0n) is 24.5. The first-order valence-corrected chi connectivity index (χ1v) is 15.5. The molecule has 0 unspecified atom stereocenters. The van der Waals surface area contributed by atoms with Crippen LogP contribution in [0.15, 0.2) is 150 Å². The van der Waals surface area contributed by atoms with Gasteiger partial charge in [-0.3, -0.25) is 0 Å². The van der Waals surface area contributed by atoms with Gasteiger partial charge in [0.15, 0.2) is 17.5 Å². The van der Waals surface area contributed by atoms with Crippen molar-refractivity contribution in [3.05, 3.63) is 151 Å². The highest BCUT2D eigenvalue weighted by atomic mass is 35.5. The number of halogens is 1. The van der Waals surface area contributed by atoms with E-state index in [1.807, 2.05) is 66.7 Å². The van der Waals surface area contributed by atoms with Crippen LogP contribution in [0.3, 0.4) is 0 Å². The fourth-order valence-electron chi connectivity index (χ4n) is 6.27. The Morgan fingerprint density at radius 3 is 1.83 bits per heavy atom. The lowest BCUT2D eigenvalue weighted by atomic mass is 10.0. The molecular weight excluding hydrogens is 586 g/mol. The average molecular weight is 610 g/mol. The quantitative estimate of drug-likeness (QED) is 0.199. The summed E-state index contributed by atoms with van der Waals surface area (Å²) in [7, 11) is 0. The van der Waals surface area contributed by atoms with E-state index in [1.165, 1.54) is 5.39 Å². The van der Waals surface area contributed by atoms with E-state index in [0.717, 1.165) is 65.9 Å². The van der Waals surface area contributed by atoms with E-state index in [1.54, 1.807) is 0 Å². The number of aromatic nitrogens is 3. The maximum absolute atomic E-state index is 6.44. The molecule has 0 aliphatic heterocycles. The van der Waals surface area contributed by atoms with Crippen molar-refractivity contribution in [1.82, 2.24) is 15.0 Å². The summed E-state index contributed by atoms with van der Waals surface area (Å²) in [5, 5.41) is 7.14. The van der Waals surface area contributed by atoms with Crippen molar-refractivity contribution in [2.75, 3.05) is 0 Å². The zero-order valence-corrected chi connectivity index (χ0v) is 25.2. The highest BCUT2D eigenvalue weighted by Gasteiger charge is 2.17. The van der Waals surface area contributed by atoms with Gasteiger partial charge in [-0.05, 0) is 81.2 Å². The van der Waals surface area contributed by atoms with Gasteiger partial charge < -0.3 is 4.42 Å². The Balaban J connectivity index is 1.26. The number of nitrogens with zero attached hydrogens (tertiary/aromatic N) is 3. The topological polar surface area (TPSA) is 51.8 Å². The maximum atomic E-state index is 6.44. The van der Waals surface area contributed by atoms with Crippen LogP contribution >= 0.6 is 11.6 Å². The van der Waals surface area contributed by atoms with Gasteiger partial charge >= 0.3 is 0 Å². The van der Waals surface area contributed by atoms with E-state index in [4.69, 9.17) is 31.0 Å². The first-order valence-electron chi connectivity index (χ1n) is 15.1. The number of hydrogen-bond acceptors (Lipinski definition) is 4. The molecule has 0 atom stereocenters. The molecule has 5 heteroatoms. The molecule has 0 saturated carbocycles. The summed E-state index contributed by atoms with van der Waals surface area (Å²) in [6, 6.07) is 49.5. The Bertz CT molecular complexity index is 2610. The summed E-state index contributed by atoms with van der Waals surface area (Å²) in [5.41, 5.74) is 6.57. The second kappa shape index (κ2) is 10.7. The molecule has 46 heavy (non-hydrogen) atoms. The molecule has 9 rings (SSSR count). The minimum Gasteiger partial charge on any atom is -0.456 e. The van der Waals surface area contributed by atoms with E-state index in [2.05, 4.69) is 78.9 Å². The first kappa shape index (κ1) is 26.6. The third-order valence-corrected chi connectivity index (χ3v) is 8.78. The molecule has 2 aromatic heterocycles. The highest BCUT2D eigenvalue weighted by molar-refractivity contribution is 6.32. The third kappa shape index (κ3) is 4.59. The lowest BCUT2D eigenvalue weighted by molar-refractivity contribution is 0.669. The normalized spacial score (nSPS) is 11.6. The van der Waals surface area contributed by atoms with E-state index in [-0.39, 0.29) is 0 Å². The van der Waals surface area contributed by atoms with Crippen molar-refractivity contribution in [3.8, 4) is 45.3 Å². The van der Waals surface area contributed by atoms with Gasteiger partial charge in [0.1, 0.15) is 11.2 Å². The van der Waals surface area contributed by atoms with Crippen LogP contribution in [0.25, 0.3) is 88.8 Å². The van der Waals surface area contributed by atoms with Crippen molar-refractivity contribution in [1.29, 1.82) is 0 Å². The largest absolute Gasteiger partial charge is 0.456 e. The van der Waals surface area contributed by atoms with E-state index >= 15 is 0 Å². The van der Waals surface area contributed by atoms with E-state index in [9.17, 15) is 0 Å². The fourth-order valence-corrected chi connectivity index (χ4v) is 6.44. The molecule has 216 valence electrons. The summed E-state index contributed by atoms with van der Waals surface area (Å²) in [5.74, 6) is 1.82. The SMILES string of the molecule is Clc1ccc2ccc3oc4ccc(-c5nc(-c6cccc(-c7ccccc7)c6)nc(-c6ccc7ccccc7c6)n5)cc4c3c2c1. The number of hydrogen-bond donors (Lipinski definition) is 0. The number of benzene rings is 7. The molecule has 0 bridgehead atoms. The summed E-state index contributed by atoms with van der Waals surface area (Å²) >= 11 is 6.44. The van der Waals surface area contributed by atoms with Crippen LogP contribution in [0, 0.1) is 0 Å². The predicted octanol–water partition coefficient (Wildman–Crippen LogP) is 11.4. The van der Waals surface area contributed by atoms with Gasteiger partial charge in [-0.15, -0.1) is 0 Å². The van der Waals surface area contributed by atoms with Crippen LogP contribution in [0.4, 0.5) is 0 Å². The Hall–Kier alpha value is -5.84. The van der Waals surface area contributed by atoms with Crippen LogP contribution in [-0.4, -0.2) is 15.0 Å². The van der Waals surface area contributed by atoms with Gasteiger partial charge in [-0.2, -0.15) is 0 Å². The minimum absolute atomic E-state index is 0.591. The van der Waals surface area contributed by atoms with Crippen molar-refractivity contribution in [3.63, 3.8) is 0 Å². The first-order chi connectivity index (χ1) is 22.7. The summed E-state index contributed by atoms with van der Waals surface area (Å²) in [4.78, 5) is 15.2. The summed E-state index contributed by atoms with van der Waals surface area (Å²) < 4.78 is 6.28. The van der Waals surface area contributed by atoms with Gasteiger partial charge in [-0.1, -0.05) is 109 Å². The van der Waals surface area contributed by atoms with Gasteiger partial charge in [0.25, 0.3) is 0 Å². The van der Waals surface area contributed by atoms with E-state index < -0.39 is 0 Å². The van der Waals surface area contributed by atoms with Crippen LogP contribution in [0.1, 0.15) is 0 Å². The molecule has 7 aromatic carbocycles. The van der Waals surface area contributed by atoms with Crippen LogP contribution in [0.5, 0.6) is 0 Å². The molecule has 0 amide bonds. The fraction of sp³-hybridized carbons (Fsp3) is 0. The van der Waals surface area contributed by atoms with Crippen LogP contribution < -0.4 is 0 Å². The molecule has 0 spiro atoms. The Labute approximate surface area is 269 Å². The summed E-state index contributed by atoms with van der Waals surface area (Å²) in [6.07, 6.45) is 0. The minimum atomic E-state index is 0.591. The van der Waals surface area contributed by atoms with Crippen molar-refractivity contribution in [2.24, 2.45) is 0 Å². The Kier molecular flexibility index (Phi) is 6.15. The molecule has 0 radical (unpaired) electrons. The Morgan fingerprint density at radius 1 is 0.391 bits per heavy atom. The number of fused-ring (bicyclic) bond motifs is 6. The molecule has 4 nitrogen and oxygen atoms in total. The predicted molar refractivity (Wildman–Crippen MR) is 189 cm³/mol. The van der Waals surface area contributed by atoms with Crippen LogP contribution in [0.2, 0.25) is 5.02 Å². The zero-order chi connectivity index (χ0) is 30.6. The lowest BCUT2D eigenvalue weighted by Crippen LogP contribution is -2.00. The van der Waals surface area contributed by atoms with Gasteiger partial charge in [0.05, 0.1) is 0 Å². The number of rotatable bonds is 4. The van der Waals surface area contributed by atoms with Gasteiger partial charge in [0, 0.05) is 32.5 Å². The molecule has 0 fully saturated rings. The highest BCUT2D eigenvalue weighted by Crippen LogP contribution is 2.38. The van der Waals surface area contributed by atoms with Crippen LogP contribution in [-0.2, 0) is 0 Å². The maximum Gasteiger partial charge on any atom is 0.164 e. The van der Waals surface area contributed by atoms with Gasteiger partial charge in [-0.25, -0.2) is 15.0 Å². The molecule has 0 aliphatic carbocycles. The lowest BCUT2D eigenvalue weighted by Gasteiger charge is -2.10. The third-order valence-electron chi connectivity index (χ3n) is 8.54. The van der Waals surface area contributed by atoms with Crippen molar-refractivity contribution >= 4 is 55.1 Å². The Morgan fingerprint density at radius 2 is 1.00 bits per heavy atom. The van der Waals surface area contributed by atoms with Gasteiger partial charge in [0.2, 0.25) is 0 Å². The molecule has 0 aliphatic rings. The van der Waals surface area contributed by atoms with Crippen molar-refractivity contribution < 1.29 is 4.42 Å².